The first-order valence-corrected chi connectivity index (χ1v) is 8.52. The second-order valence-electron chi connectivity index (χ2n) is 5.67. The largest absolute Gasteiger partial charge is 0.381 e. The molecular formula is C13H23N5OS. The van der Waals surface area contributed by atoms with Crippen molar-refractivity contribution in [3.8, 4) is 0 Å². The van der Waals surface area contributed by atoms with Crippen molar-refractivity contribution in [2.75, 3.05) is 26.0 Å². The van der Waals surface area contributed by atoms with E-state index in [9.17, 15) is 0 Å². The summed E-state index contributed by atoms with van der Waals surface area (Å²) in [6.45, 7) is 1.77. The molecule has 0 radical (unpaired) electrons. The predicted octanol–water partition coefficient (Wildman–Crippen LogP) is 1.50. The van der Waals surface area contributed by atoms with Crippen LogP contribution in [0.25, 0.3) is 0 Å². The zero-order valence-electron chi connectivity index (χ0n) is 12.0. The van der Waals surface area contributed by atoms with Crippen molar-refractivity contribution in [2.45, 2.75) is 49.3 Å². The highest BCUT2D eigenvalue weighted by Crippen LogP contribution is 2.32. The lowest BCUT2D eigenvalue weighted by Gasteiger charge is -2.21. The summed E-state index contributed by atoms with van der Waals surface area (Å²) in [6, 6.07) is 0.978. The lowest BCUT2D eigenvalue weighted by Crippen LogP contribution is -2.36. The first-order valence-electron chi connectivity index (χ1n) is 7.54. The molecule has 0 amide bonds. The molecule has 20 heavy (non-hydrogen) atoms. The highest BCUT2D eigenvalue weighted by Gasteiger charge is 2.26. The summed E-state index contributed by atoms with van der Waals surface area (Å²) < 4.78 is 7.52. The average Bonchev–Trinajstić information content (AvgIpc) is 3.21. The fourth-order valence-corrected chi connectivity index (χ4v) is 4.33. The number of aromatic nitrogens is 4. The first kappa shape index (κ1) is 14.3. The van der Waals surface area contributed by atoms with Gasteiger partial charge >= 0.3 is 0 Å². The predicted molar refractivity (Wildman–Crippen MR) is 77.8 cm³/mol. The quantitative estimate of drug-likeness (QED) is 0.803. The van der Waals surface area contributed by atoms with Crippen molar-refractivity contribution in [1.29, 1.82) is 0 Å². The van der Waals surface area contributed by atoms with Crippen LogP contribution in [0.15, 0.2) is 5.16 Å². The molecule has 2 fully saturated rings. The van der Waals surface area contributed by atoms with Gasteiger partial charge in [0.15, 0.2) is 0 Å². The van der Waals surface area contributed by atoms with Gasteiger partial charge in [-0.3, -0.25) is 0 Å². The molecule has 2 unspecified atom stereocenters. The normalized spacial score (nSPS) is 25.4. The number of rotatable bonds is 6. The van der Waals surface area contributed by atoms with E-state index in [1.165, 1.54) is 25.7 Å². The molecule has 1 aromatic heterocycles. The van der Waals surface area contributed by atoms with E-state index in [1.807, 2.05) is 11.7 Å². The Labute approximate surface area is 124 Å². The van der Waals surface area contributed by atoms with Gasteiger partial charge in [-0.15, -0.1) is 5.10 Å². The van der Waals surface area contributed by atoms with Crippen molar-refractivity contribution in [1.82, 2.24) is 25.5 Å². The lowest BCUT2D eigenvalue weighted by molar-refractivity contribution is 0.179. The summed E-state index contributed by atoms with van der Waals surface area (Å²) >= 11 is 1.77. The smallest absolute Gasteiger partial charge is 0.209 e. The molecule has 0 aromatic carbocycles. The summed E-state index contributed by atoms with van der Waals surface area (Å²) in [4.78, 5) is 0. The second kappa shape index (κ2) is 6.87. The molecule has 6 nitrogen and oxygen atoms in total. The Morgan fingerprint density at radius 2 is 2.25 bits per heavy atom. The minimum absolute atomic E-state index is 0.469. The van der Waals surface area contributed by atoms with Gasteiger partial charge < -0.3 is 10.1 Å². The number of hydrogen-bond donors (Lipinski definition) is 1. The summed E-state index contributed by atoms with van der Waals surface area (Å²) in [6.07, 6.45) is 6.18. The summed E-state index contributed by atoms with van der Waals surface area (Å²) in [5, 5.41) is 16.6. The SMILES string of the molecule is CNC(CSc1nnnn1C1CCCC1)C1CCOC1. The van der Waals surface area contributed by atoms with E-state index in [0.717, 1.165) is 30.5 Å². The van der Waals surface area contributed by atoms with Gasteiger partial charge in [0.1, 0.15) is 0 Å². The Kier molecular flexibility index (Phi) is 4.90. The molecule has 1 aromatic rings. The summed E-state index contributed by atoms with van der Waals surface area (Å²) in [5.41, 5.74) is 0. The van der Waals surface area contributed by atoms with Crippen LogP contribution in [0.3, 0.4) is 0 Å². The monoisotopic (exact) mass is 297 g/mol. The molecule has 1 saturated heterocycles. The van der Waals surface area contributed by atoms with E-state index in [-0.39, 0.29) is 0 Å². The molecule has 1 aliphatic heterocycles. The van der Waals surface area contributed by atoms with E-state index < -0.39 is 0 Å². The Morgan fingerprint density at radius 3 is 2.95 bits per heavy atom. The standard InChI is InChI=1S/C13H23N5OS/c1-14-12(10-6-7-19-8-10)9-20-13-15-16-17-18(13)11-4-2-3-5-11/h10-12,14H,2-9H2,1H3. The van der Waals surface area contributed by atoms with Crippen molar-refractivity contribution >= 4 is 11.8 Å². The van der Waals surface area contributed by atoms with Gasteiger partial charge in [-0.25, -0.2) is 4.68 Å². The molecule has 2 heterocycles. The Morgan fingerprint density at radius 1 is 1.40 bits per heavy atom. The molecule has 0 bridgehead atoms. The van der Waals surface area contributed by atoms with E-state index >= 15 is 0 Å². The zero-order valence-corrected chi connectivity index (χ0v) is 12.8. The van der Waals surface area contributed by atoms with E-state index in [4.69, 9.17) is 4.74 Å². The van der Waals surface area contributed by atoms with Crippen LogP contribution in [0, 0.1) is 5.92 Å². The van der Waals surface area contributed by atoms with E-state index in [2.05, 4.69) is 20.8 Å². The van der Waals surface area contributed by atoms with Crippen molar-refractivity contribution in [3.63, 3.8) is 0 Å². The number of thioether (sulfide) groups is 1. The van der Waals surface area contributed by atoms with Gasteiger partial charge in [-0.2, -0.15) is 0 Å². The van der Waals surface area contributed by atoms with Crippen LogP contribution in [-0.2, 0) is 4.74 Å². The maximum Gasteiger partial charge on any atom is 0.209 e. The van der Waals surface area contributed by atoms with Crippen LogP contribution >= 0.6 is 11.8 Å². The van der Waals surface area contributed by atoms with Crippen LogP contribution in [0.1, 0.15) is 38.1 Å². The van der Waals surface area contributed by atoms with Crippen LogP contribution in [0.5, 0.6) is 0 Å². The Bertz CT molecular complexity index is 415. The maximum atomic E-state index is 5.49. The van der Waals surface area contributed by atoms with Gasteiger partial charge in [-0.05, 0) is 36.7 Å². The van der Waals surface area contributed by atoms with E-state index in [0.29, 0.717) is 18.0 Å². The van der Waals surface area contributed by atoms with Gasteiger partial charge in [0.2, 0.25) is 5.16 Å². The third kappa shape index (κ3) is 3.15. The van der Waals surface area contributed by atoms with Gasteiger partial charge in [0.25, 0.3) is 0 Å². The zero-order chi connectivity index (χ0) is 13.8. The van der Waals surface area contributed by atoms with Gasteiger partial charge in [-0.1, -0.05) is 24.6 Å². The number of ether oxygens (including phenoxy) is 1. The number of hydrogen-bond acceptors (Lipinski definition) is 6. The fraction of sp³-hybridized carbons (Fsp3) is 0.923. The van der Waals surface area contributed by atoms with Crippen molar-refractivity contribution in [2.24, 2.45) is 5.92 Å². The van der Waals surface area contributed by atoms with Gasteiger partial charge in [0.05, 0.1) is 12.6 Å². The molecule has 1 saturated carbocycles. The van der Waals surface area contributed by atoms with Crippen molar-refractivity contribution < 1.29 is 4.74 Å². The third-order valence-corrected chi connectivity index (χ3v) is 5.48. The molecule has 2 aliphatic rings. The van der Waals surface area contributed by atoms with Crippen LogP contribution in [0.2, 0.25) is 0 Å². The molecule has 2 atom stereocenters. The third-order valence-electron chi connectivity index (χ3n) is 4.43. The molecule has 7 heteroatoms. The first-order chi connectivity index (χ1) is 9.88. The number of nitrogens with zero attached hydrogens (tertiary/aromatic N) is 4. The number of nitrogens with one attached hydrogen (secondary N) is 1. The van der Waals surface area contributed by atoms with Crippen LogP contribution in [-0.4, -0.2) is 52.3 Å². The molecule has 112 valence electrons. The molecule has 3 rings (SSSR count). The minimum atomic E-state index is 0.469. The lowest BCUT2D eigenvalue weighted by atomic mass is 10.0. The molecular weight excluding hydrogens is 274 g/mol. The molecule has 1 aliphatic carbocycles. The van der Waals surface area contributed by atoms with E-state index in [1.54, 1.807) is 11.8 Å². The molecule has 1 N–H and O–H groups in total. The topological polar surface area (TPSA) is 64.9 Å². The highest BCUT2D eigenvalue weighted by molar-refractivity contribution is 7.99. The molecule has 0 spiro atoms. The minimum Gasteiger partial charge on any atom is -0.381 e. The highest BCUT2D eigenvalue weighted by atomic mass is 32.2. The van der Waals surface area contributed by atoms with Crippen LogP contribution in [0.4, 0.5) is 0 Å². The second-order valence-corrected chi connectivity index (χ2v) is 6.66. The van der Waals surface area contributed by atoms with Crippen LogP contribution < -0.4 is 5.32 Å². The Hall–Kier alpha value is -0.660. The summed E-state index contributed by atoms with van der Waals surface area (Å²) in [7, 11) is 2.03. The summed E-state index contributed by atoms with van der Waals surface area (Å²) in [5.74, 6) is 1.61. The number of tetrazole rings is 1. The maximum absolute atomic E-state index is 5.49. The average molecular weight is 297 g/mol. The van der Waals surface area contributed by atoms with Crippen molar-refractivity contribution in [3.05, 3.63) is 0 Å². The van der Waals surface area contributed by atoms with Gasteiger partial charge in [0, 0.05) is 24.3 Å². The fourth-order valence-electron chi connectivity index (χ4n) is 3.15. The Balaban J connectivity index is 1.58.